The SMILES string of the molecule is CC(C)c1[nH]nc(C(N)=O)c1NC(=O)c1cc(C(F)(F)F)ccc1F. The van der Waals surface area contributed by atoms with E-state index in [0.29, 0.717) is 23.9 Å². The summed E-state index contributed by atoms with van der Waals surface area (Å²) < 4.78 is 52.1. The Morgan fingerprint density at radius 2 is 1.92 bits per heavy atom. The van der Waals surface area contributed by atoms with Crippen LogP contribution in [0, 0.1) is 5.82 Å². The van der Waals surface area contributed by atoms with Crippen molar-refractivity contribution < 1.29 is 27.2 Å². The van der Waals surface area contributed by atoms with Crippen molar-refractivity contribution in [3.05, 3.63) is 46.5 Å². The number of anilines is 1. The van der Waals surface area contributed by atoms with Crippen LogP contribution >= 0.6 is 0 Å². The normalized spacial score (nSPS) is 11.6. The van der Waals surface area contributed by atoms with Crippen LogP contribution in [0.25, 0.3) is 0 Å². The molecule has 0 bridgehead atoms. The van der Waals surface area contributed by atoms with E-state index in [1.54, 1.807) is 13.8 Å². The largest absolute Gasteiger partial charge is 0.416 e. The van der Waals surface area contributed by atoms with Gasteiger partial charge in [0.05, 0.1) is 22.5 Å². The van der Waals surface area contributed by atoms with Crippen LogP contribution in [0.1, 0.15) is 51.9 Å². The molecule has 0 atom stereocenters. The summed E-state index contributed by atoms with van der Waals surface area (Å²) in [6.07, 6.45) is -4.74. The highest BCUT2D eigenvalue weighted by molar-refractivity contribution is 6.08. The molecule has 134 valence electrons. The van der Waals surface area contributed by atoms with Crippen molar-refractivity contribution in [3.8, 4) is 0 Å². The highest BCUT2D eigenvalue weighted by Gasteiger charge is 2.32. The summed E-state index contributed by atoms with van der Waals surface area (Å²) in [6, 6.07) is 1.47. The zero-order chi connectivity index (χ0) is 18.9. The molecule has 1 aromatic heterocycles. The minimum Gasteiger partial charge on any atom is -0.364 e. The number of hydrogen-bond donors (Lipinski definition) is 3. The number of carbonyl (C=O) groups excluding carboxylic acids is 2. The summed E-state index contributed by atoms with van der Waals surface area (Å²) in [5.74, 6) is -3.47. The molecule has 1 aromatic carbocycles. The molecule has 0 saturated carbocycles. The number of hydrogen-bond acceptors (Lipinski definition) is 3. The number of primary amides is 1. The van der Waals surface area contributed by atoms with Crippen LogP contribution < -0.4 is 11.1 Å². The van der Waals surface area contributed by atoms with Gasteiger partial charge in [-0.2, -0.15) is 18.3 Å². The molecule has 0 aliphatic rings. The molecule has 25 heavy (non-hydrogen) atoms. The molecule has 0 spiro atoms. The van der Waals surface area contributed by atoms with Gasteiger partial charge >= 0.3 is 6.18 Å². The molecule has 0 aliphatic heterocycles. The third-order valence-electron chi connectivity index (χ3n) is 3.38. The number of nitrogens with zero attached hydrogens (tertiary/aromatic N) is 1. The van der Waals surface area contributed by atoms with E-state index in [-0.39, 0.29) is 17.3 Å². The summed E-state index contributed by atoms with van der Waals surface area (Å²) in [6.45, 7) is 3.44. The molecule has 10 heteroatoms. The van der Waals surface area contributed by atoms with Crippen molar-refractivity contribution in [2.45, 2.75) is 25.9 Å². The predicted molar refractivity (Wildman–Crippen MR) is 80.5 cm³/mol. The van der Waals surface area contributed by atoms with Crippen LogP contribution in [0.4, 0.5) is 23.2 Å². The Morgan fingerprint density at radius 1 is 1.28 bits per heavy atom. The van der Waals surface area contributed by atoms with E-state index in [9.17, 15) is 27.2 Å². The summed E-state index contributed by atoms with van der Waals surface area (Å²) in [5, 5.41) is 8.41. The van der Waals surface area contributed by atoms with Crippen LogP contribution in [0.2, 0.25) is 0 Å². The van der Waals surface area contributed by atoms with E-state index in [2.05, 4.69) is 15.5 Å². The van der Waals surface area contributed by atoms with Crippen molar-refractivity contribution in [2.75, 3.05) is 5.32 Å². The van der Waals surface area contributed by atoms with Crippen molar-refractivity contribution >= 4 is 17.5 Å². The van der Waals surface area contributed by atoms with Crippen LogP contribution in [0.3, 0.4) is 0 Å². The van der Waals surface area contributed by atoms with Crippen LogP contribution in [0.15, 0.2) is 18.2 Å². The van der Waals surface area contributed by atoms with Crippen LogP contribution in [0.5, 0.6) is 0 Å². The van der Waals surface area contributed by atoms with Crippen LogP contribution in [-0.2, 0) is 6.18 Å². The van der Waals surface area contributed by atoms with E-state index in [0.717, 1.165) is 0 Å². The van der Waals surface area contributed by atoms with Gasteiger partial charge in [0.2, 0.25) is 0 Å². The summed E-state index contributed by atoms with van der Waals surface area (Å²) in [4.78, 5) is 23.6. The molecular formula is C15H14F4N4O2. The maximum absolute atomic E-state index is 13.8. The minimum absolute atomic E-state index is 0.0932. The molecular weight excluding hydrogens is 344 g/mol. The fraction of sp³-hybridized carbons (Fsp3) is 0.267. The van der Waals surface area contributed by atoms with Gasteiger partial charge in [-0.3, -0.25) is 14.7 Å². The first-order valence-electron chi connectivity index (χ1n) is 7.08. The monoisotopic (exact) mass is 358 g/mol. The smallest absolute Gasteiger partial charge is 0.364 e. The van der Waals surface area contributed by atoms with Gasteiger partial charge < -0.3 is 11.1 Å². The summed E-state index contributed by atoms with van der Waals surface area (Å²) in [5.41, 5.74) is 3.10. The van der Waals surface area contributed by atoms with Crippen molar-refractivity contribution in [3.63, 3.8) is 0 Å². The topological polar surface area (TPSA) is 101 Å². The van der Waals surface area contributed by atoms with E-state index in [1.807, 2.05) is 0 Å². The van der Waals surface area contributed by atoms with Gasteiger partial charge in [0, 0.05) is 0 Å². The average Bonchev–Trinajstić information content (AvgIpc) is 2.90. The van der Waals surface area contributed by atoms with Gasteiger partial charge in [-0.25, -0.2) is 4.39 Å². The third-order valence-corrected chi connectivity index (χ3v) is 3.38. The zero-order valence-electron chi connectivity index (χ0n) is 13.2. The second kappa shape index (κ2) is 6.54. The van der Waals surface area contributed by atoms with Crippen LogP contribution in [-0.4, -0.2) is 22.0 Å². The predicted octanol–water partition coefficient (Wildman–Crippen LogP) is 3.04. The van der Waals surface area contributed by atoms with E-state index >= 15 is 0 Å². The highest BCUT2D eigenvalue weighted by Crippen LogP contribution is 2.31. The lowest BCUT2D eigenvalue weighted by molar-refractivity contribution is -0.137. The quantitative estimate of drug-likeness (QED) is 0.732. The Morgan fingerprint density at radius 3 is 2.44 bits per heavy atom. The maximum Gasteiger partial charge on any atom is 0.416 e. The lowest BCUT2D eigenvalue weighted by Gasteiger charge is -2.12. The number of nitrogens with two attached hydrogens (primary N) is 1. The van der Waals surface area contributed by atoms with Gasteiger partial charge in [-0.1, -0.05) is 13.8 Å². The number of halogens is 4. The van der Waals surface area contributed by atoms with E-state index < -0.39 is 34.9 Å². The first-order valence-corrected chi connectivity index (χ1v) is 7.08. The molecule has 0 aliphatic carbocycles. The second-order valence-corrected chi connectivity index (χ2v) is 5.53. The lowest BCUT2D eigenvalue weighted by atomic mass is 10.1. The third kappa shape index (κ3) is 3.78. The summed E-state index contributed by atoms with van der Waals surface area (Å²) in [7, 11) is 0. The molecule has 4 N–H and O–H groups in total. The fourth-order valence-corrected chi connectivity index (χ4v) is 2.13. The Hall–Kier alpha value is -2.91. The second-order valence-electron chi connectivity index (χ2n) is 5.53. The number of aromatic amines is 1. The molecule has 0 radical (unpaired) electrons. The Kier molecular flexibility index (Phi) is 4.82. The molecule has 0 saturated heterocycles. The first-order chi connectivity index (χ1) is 11.5. The lowest BCUT2D eigenvalue weighted by Crippen LogP contribution is -2.20. The van der Waals surface area contributed by atoms with Gasteiger partial charge in [-0.15, -0.1) is 0 Å². The van der Waals surface area contributed by atoms with Gasteiger partial charge in [0.25, 0.3) is 11.8 Å². The zero-order valence-corrected chi connectivity index (χ0v) is 13.2. The molecule has 2 amide bonds. The molecule has 0 unspecified atom stereocenters. The molecule has 6 nitrogen and oxygen atoms in total. The molecule has 1 heterocycles. The molecule has 2 rings (SSSR count). The van der Waals surface area contributed by atoms with E-state index in [1.165, 1.54) is 0 Å². The van der Waals surface area contributed by atoms with Crippen molar-refractivity contribution in [1.82, 2.24) is 10.2 Å². The minimum atomic E-state index is -4.74. The standard InChI is InChI=1S/C15H14F4N4O2/c1-6(2)10-11(12(13(20)24)23-22-10)21-14(25)8-5-7(15(17,18)19)3-4-9(8)16/h3-6H,1-2H3,(H2,20,24)(H,21,25)(H,22,23). The van der Waals surface area contributed by atoms with Gasteiger partial charge in [-0.05, 0) is 24.1 Å². The van der Waals surface area contributed by atoms with Gasteiger partial charge in [0.1, 0.15) is 5.82 Å². The number of amides is 2. The number of alkyl halides is 3. The average molecular weight is 358 g/mol. The fourth-order valence-electron chi connectivity index (χ4n) is 2.13. The first kappa shape index (κ1) is 18.4. The number of carbonyl (C=O) groups is 2. The Balaban J connectivity index is 2.44. The van der Waals surface area contributed by atoms with Crippen molar-refractivity contribution in [1.29, 1.82) is 0 Å². The number of aromatic nitrogens is 2. The number of rotatable bonds is 4. The van der Waals surface area contributed by atoms with E-state index in [4.69, 9.17) is 5.73 Å². The molecule has 0 fully saturated rings. The van der Waals surface area contributed by atoms with Crippen molar-refractivity contribution in [2.24, 2.45) is 5.73 Å². The summed E-state index contributed by atoms with van der Waals surface area (Å²) >= 11 is 0. The molecule has 2 aromatic rings. The number of nitrogens with one attached hydrogen (secondary N) is 2. The number of H-pyrrole nitrogens is 1. The Bertz CT molecular complexity index is 827. The maximum atomic E-state index is 13.8. The van der Waals surface area contributed by atoms with Gasteiger partial charge in [0.15, 0.2) is 5.69 Å². The Labute approximate surface area is 139 Å². The highest BCUT2D eigenvalue weighted by atomic mass is 19.4. The number of benzene rings is 1.